The second-order valence-corrected chi connectivity index (χ2v) is 5.91. The fourth-order valence-corrected chi connectivity index (χ4v) is 2.99. The molecule has 0 unspecified atom stereocenters. The number of ether oxygens (including phenoxy) is 1. The van der Waals surface area contributed by atoms with Crippen molar-refractivity contribution in [1.29, 1.82) is 0 Å². The van der Waals surface area contributed by atoms with Crippen molar-refractivity contribution < 1.29 is 9.53 Å². The van der Waals surface area contributed by atoms with E-state index in [1.165, 1.54) is 0 Å². The smallest absolute Gasteiger partial charge is 0.242 e. The number of likely N-dealkylation sites (N-methyl/N-ethyl adjacent to an activating group) is 1. The van der Waals surface area contributed by atoms with Gasteiger partial charge in [0.25, 0.3) is 0 Å². The Hall–Kier alpha value is -1.46. The molecule has 0 bridgehead atoms. The lowest BCUT2D eigenvalue weighted by Crippen LogP contribution is -2.48. The number of benzene rings is 1. The van der Waals surface area contributed by atoms with E-state index in [0.717, 1.165) is 24.5 Å². The van der Waals surface area contributed by atoms with Crippen molar-refractivity contribution in [3.8, 4) is 0 Å². The molecule has 6 heteroatoms. The highest BCUT2D eigenvalue weighted by Crippen LogP contribution is 2.34. The molecule has 1 fully saturated rings. The van der Waals surface area contributed by atoms with E-state index in [1.54, 1.807) is 0 Å². The molecular formula is C15H20ClN3O2. The molecule has 2 heterocycles. The summed E-state index contributed by atoms with van der Waals surface area (Å²) in [5.41, 5.74) is 2.17. The Bertz CT molecular complexity index is 532. The largest absolute Gasteiger partial charge is 0.378 e. The van der Waals surface area contributed by atoms with Crippen LogP contribution in [0.2, 0.25) is 5.02 Å². The summed E-state index contributed by atoms with van der Waals surface area (Å²) in [7, 11) is 2.06. The number of rotatable bonds is 2. The lowest BCUT2D eigenvalue weighted by molar-refractivity contribution is -0.133. The van der Waals surface area contributed by atoms with Crippen LogP contribution in [0.15, 0.2) is 18.2 Å². The Morgan fingerprint density at radius 3 is 2.71 bits per heavy atom. The summed E-state index contributed by atoms with van der Waals surface area (Å²) in [5.74, 6) is 0.161. The highest BCUT2D eigenvalue weighted by Gasteiger charge is 2.25. The van der Waals surface area contributed by atoms with Crippen LogP contribution in [-0.4, -0.2) is 63.8 Å². The maximum Gasteiger partial charge on any atom is 0.242 e. The van der Waals surface area contributed by atoms with E-state index in [4.69, 9.17) is 16.3 Å². The van der Waals surface area contributed by atoms with E-state index in [9.17, 15) is 4.79 Å². The average Bonchev–Trinajstić information content (AvgIpc) is 2.51. The SMILES string of the molecule is CN1CCN(CC(=O)N2CCOCC2)c2cc(Cl)ccc21. The van der Waals surface area contributed by atoms with Crippen LogP contribution in [0.1, 0.15) is 0 Å². The predicted octanol–water partition coefficient (Wildman–Crippen LogP) is 1.46. The first-order valence-electron chi connectivity index (χ1n) is 7.26. The number of hydrogen-bond acceptors (Lipinski definition) is 4. The van der Waals surface area contributed by atoms with Crippen molar-refractivity contribution in [3.05, 3.63) is 23.2 Å². The zero-order valence-electron chi connectivity index (χ0n) is 12.2. The Morgan fingerprint density at radius 2 is 1.95 bits per heavy atom. The number of morpholine rings is 1. The van der Waals surface area contributed by atoms with Crippen molar-refractivity contribution in [2.75, 3.05) is 62.8 Å². The van der Waals surface area contributed by atoms with Crippen molar-refractivity contribution in [2.24, 2.45) is 0 Å². The summed E-state index contributed by atoms with van der Waals surface area (Å²) in [6.07, 6.45) is 0. The average molecular weight is 310 g/mol. The molecule has 0 saturated carbocycles. The number of halogens is 1. The van der Waals surface area contributed by atoms with Gasteiger partial charge in [0.2, 0.25) is 5.91 Å². The summed E-state index contributed by atoms with van der Waals surface area (Å²) in [6, 6.07) is 5.85. The zero-order valence-corrected chi connectivity index (χ0v) is 13.0. The third-order valence-corrected chi connectivity index (χ3v) is 4.32. The van der Waals surface area contributed by atoms with Crippen molar-refractivity contribution in [3.63, 3.8) is 0 Å². The molecule has 0 aromatic heterocycles. The van der Waals surface area contributed by atoms with Crippen LogP contribution in [0.25, 0.3) is 0 Å². The van der Waals surface area contributed by atoms with Crippen LogP contribution < -0.4 is 9.80 Å². The number of anilines is 2. The van der Waals surface area contributed by atoms with Gasteiger partial charge >= 0.3 is 0 Å². The minimum atomic E-state index is 0.161. The molecule has 0 spiro atoms. The maximum absolute atomic E-state index is 12.4. The molecule has 5 nitrogen and oxygen atoms in total. The summed E-state index contributed by atoms with van der Waals surface area (Å²) in [5, 5.41) is 0.702. The molecule has 1 saturated heterocycles. The van der Waals surface area contributed by atoms with Crippen molar-refractivity contribution in [1.82, 2.24) is 4.90 Å². The second kappa shape index (κ2) is 6.12. The monoisotopic (exact) mass is 309 g/mol. The van der Waals surface area contributed by atoms with Gasteiger partial charge in [0, 0.05) is 38.2 Å². The van der Waals surface area contributed by atoms with Gasteiger partial charge in [-0.1, -0.05) is 11.6 Å². The number of carbonyl (C=O) groups is 1. The molecule has 1 aromatic rings. The van der Waals surface area contributed by atoms with Gasteiger partial charge in [-0.15, -0.1) is 0 Å². The van der Waals surface area contributed by atoms with Crippen molar-refractivity contribution in [2.45, 2.75) is 0 Å². The van der Waals surface area contributed by atoms with Gasteiger partial charge < -0.3 is 19.4 Å². The van der Waals surface area contributed by atoms with Gasteiger partial charge in [-0.2, -0.15) is 0 Å². The third kappa shape index (κ3) is 3.09. The number of amides is 1. The number of hydrogen-bond donors (Lipinski definition) is 0. The molecule has 1 aromatic carbocycles. The van der Waals surface area contributed by atoms with Crippen LogP contribution in [0, 0.1) is 0 Å². The highest BCUT2D eigenvalue weighted by atomic mass is 35.5. The van der Waals surface area contributed by atoms with E-state index < -0.39 is 0 Å². The molecule has 2 aliphatic rings. The summed E-state index contributed by atoms with van der Waals surface area (Å²) >= 11 is 6.12. The summed E-state index contributed by atoms with van der Waals surface area (Å²) < 4.78 is 5.29. The van der Waals surface area contributed by atoms with Gasteiger partial charge in [0.15, 0.2) is 0 Å². The number of nitrogens with zero attached hydrogens (tertiary/aromatic N) is 3. The van der Waals surface area contributed by atoms with Gasteiger partial charge in [-0.25, -0.2) is 0 Å². The lowest BCUT2D eigenvalue weighted by Gasteiger charge is -2.38. The molecule has 21 heavy (non-hydrogen) atoms. The minimum Gasteiger partial charge on any atom is -0.378 e. The van der Waals surface area contributed by atoms with E-state index in [2.05, 4.69) is 16.8 Å². The summed E-state index contributed by atoms with van der Waals surface area (Å²) in [4.78, 5) is 18.6. The molecule has 1 amide bonds. The number of fused-ring (bicyclic) bond motifs is 1. The fourth-order valence-electron chi connectivity index (χ4n) is 2.82. The lowest BCUT2D eigenvalue weighted by atomic mass is 10.1. The molecule has 0 N–H and O–H groups in total. The molecule has 0 radical (unpaired) electrons. The Labute approximate surface area is 130 Å². The number of carbonyl (C=O) groups excluding carboxylic acids is 1. The summed E-state index contributed by atoms with van der Waals surface area (Å²) in [6.45, 7) is 4.80. The van der Waals surface area contributed by atoms with Crippen LogP contribution in [0.3, 0.4) is 0 Å². The molecular weight excluding hydrogens is 290 g/mol. The van der Waals surface area contributed by atoms with Crippen LogP contribution in [0.4, 0.5) is 11.4 Å². The highest BCUT2D eigenvalue weighted by molar-refractivity contribution is 6.31. The molecule has 0 atom stereocenters. The van der Waals surface area contributed by atoms with Crippen LogP contribution in [-0.2, 0) is 9.53 Å². The van der Waals surface area contributed by atoms with E-state index in [0.29, 0.717) is 37.9 Å². The van der Waals surface area contributed by atoms with E-state index in [1.807, 2.05) is 23.1 Å². The quantitative estimate of drug-likeness (QED) is 0.828. The molecule has 3 rings (SSSR count). The second-order valence-electron chi connectivity index (χ2n) is 5.47. The standard InChI is InChI=1S/C15H20ClN3O2/c1-17-4-5-19(14-10-12(16)2-3-13(14)17)11-15(20)18-6-8-21-9-7-18/h2-3,10H,4-9,11H2,1H3. The molecule has 2 aliphatic heterocycles. The van der Waals surface area contributed by atoms with Gasteiger partial charge in [-0.05, 0) is 18.2 Å². The Morgan fingerprint density at radius 1 is 1.19 bits per heavy atom. The van der Waals surface area contributed by atoms with E-state index in [-0.39, 0.29) is 5.91 Å². The van der Waals surface area contributed by atoms with E-state index >= 15 is 0 Å². The topological polar surface area (TPSA) is 36.0 Å². The predicted molar refractivity (Wildman–Crippen MR) is 84.3 cm³/mol. The van der Waals surface area contributed by atoms with Crippen LogP contribution >= 0.6 is 11.6 Å². The minimum absolute atomic E-state index is 0.161. The van der Waals surface area contributed by atoms with Gasteiger partial charge in [0.1, 0.15) is 0 Å². The maximum atomic E-state index is 12.4. The Kier molecular flexibility index (Phi) is 4.22. The van der Waals surface area contributed by atoms with Crippen LogP contribution in [0.5, 0.6) is 0 Å². The first-order chi connectivity index (χ1) is 10.1. The van der Waals surface area contributed by atoms with Gasteiger partial charge in [0.05, 0.1) is 31.1 Å². The first-order valence-corrected chi connectivity index (χ1v) is 7.64. The molecule has 114 valence electrons. The third-order valence-electron chi connectivity index (χ3n) is 4.08. The normalized spacial score (nSPS) is 18.7. The zero-order chi connectivity index (χ0) is 14.8. The first kappa shape index (κ1) is 14.5. The van der Waals surface area contributed by atoms with Crippen molar-refractivity contribution >= 4 is 28.9 Å². The van der Waals surface area contributed by atoms with Gasteiger partial charge in [-0.3, -0.25) is 4.79 Å². The Balaban J connectivity index is 1.76. The fraction of sp³-hybridized carbons (Fsp3) is 0.533. The molecule has 0 aliphatic carbocycles.